The highest BCUT2D eigenvalue weighted by Crippen LogP contribution is 2.40. The summed E-state index contributed by atoms with van der Waals surface area (Å²) in [4.78, 5) is 0. The highest BCUT2D eigenvalue weighted by atomic mass is 32.1. The molecule has 3 nitrogen and oxygen atoms in total. The quantitative estimate of drug-likeness (QED) is 0.547. The third-order valence-electron chi connectivity index (χ3n) is 5.36. The van der Waals surface area contributed by atoms with Crippen LogP contribution in [0.1, 0.15) is 81.2 Å². The summed E-state index contributed by atoms with van der Waals surface area (Å²) in [7, 11) is 0. The highest BCUT2D eigenvalue weighted by molar-refractivity contribution is 7.14. The Morgan fingerprint density at radius 2 is 1.80 bits per heavy atom. The van der Waals surface area contributed by atoms with Gasteiger partial charge in [-0.3, -0.25) is 0 Å². The molecule has 0 spiro atoms. The van der Waals surface area contributed by atoms with E-state index in [-0.39, 0.29) is 0 Å². The van der Waals surface area contributed by atoms with Crippen molar-refractivity contribution in [2.75, 3.05) is 0 Å². The molecule has 0 bridgehead atoms. The lowest BCUT2D eigenvalue weighted by atomic mass is 9.80. The summed E-state index contributed by atoms with van der Waals surface area (Å²) in [5.41, 5.74) is 1.75. The molecule has 0 unspecified atom stereocenters. The second-order valence-electron chi connectivity index (χ2n) is 7.20. The third kappa shape index (κ3) is 4.89. The van der Waals surface area contributed by atoms with Crippen LogP contribution in [-0.2, 0) is 0 Å². The molecule has 1 aliphatic carbocycles. The fraction of sp³-hybridized carbons (Fsp3) is 0.571. The Morgan fingerprint density at radius 1 is 1.04 bits per heavy atom. The van der Waals surface area contributed by atoms with E-state index in [1.165, 1.54) is 62.8 Å². The Morgan fingerprint density at radius 3 is 2.48 bits per heavy atom. The Balaban J connectivity index is 1.52. The normalized spacial score (nSPS) is 20.3. The largest absolute Gasteiger partial charge is 0.192 e. The van der Waals surface area contributed by atoms with Crippen molar-refractivity contribution in [2.45, 2.75) is 70.6 Å². The Labute approximate surface area is 155 Å². The van der Waals surface area contributed by atoms with Gasteiger partial charge in [0.2, 0.25) is 0 Å². The van der Waals surface area contributed by atoms with Gasteiger partial charge >= 0.3 is 0 Å². The second-order valence-corrected chi connectivity index (χ2v) is 8.21. The number of unbranched alkanes of at least 4 members (excludes halogenated alkanes) is 3. The van der Waals surface area contributed by atoms with Gasteiger partial charge < -0.3 is 0 Å². The lowest BCUT2D eigenvalue weighted by molar-refractivity contribution is 0.301. The molecule has 1 saturated carbocycles. The molecule has 0 radical (unpaired) electrons. The van der Waals surface area contributed by atoms with Gasteiger partial charge in [0.1, 0.15) is 10.0 Å². The molecule has 25 heavy (non-hydrogen) atoms. The van der Waals surface area contributed by atoms with Crippen molar-refractivity contribution in [2.24, 2.45) is 5.92 Å². The molecule has 0 aliphatic heterocycles. The van der Waals surface area contributed by atoms with Crippen LogP contribution in [0.5, 0.6) is 0 Å². The van der Waals surface area contributed by atoms with Crippen molar-refractivity contribution in [3.05, 3.63) is 34.8 Å². The lowest BCUT2D eigenvalue weighted by Crippen LogP contribution is -2.13. The van der Waals surface area contributed by atoms with E-state index in [4.69, 9.17) is 5.26 Å². The third-order valence-corrected chi connectivity index (χ3v) is 6.50. The van der Waals surface area contributed by atoms with Crippen LogP contribution in [-0.4, -0.2) is 10.2 Å². The maximum Gasteiger partial charge on any atom is 0.147 e. The van der Waals surface area contributed by atoms with E-state index in [1.807, 2.05) is 24.3 Å². The molecule has 0 saturated heterocycles. The summed E-state index contributed by atoms with van der Waals surface area (Å²) < 4.78 is 0. The molecule has 2 aromatic rings. The van der Waals surface area contributed by atoms with Gasteiger partial charge in [-0.15, -0.1) is 10.2 Å². The SMILES string of the molecule is CCCCCCC1CCC(c2nnc(-c3ccc(C#N)cc3)s2)CC1. The number of aromatic nitrogens is 2. The average Bonchev–Trinajstić information content (AvgIpc) is 3.16. The molecule has 132 valence electrons. The molecule has 1 heterocycles. The summed E-state index contributed by atoms with van der Waals surface area (Å²) in [6, 6.07) is 9.79. The van der Waals surface area contributed by atoms with Crippen LogP contribution in [0, 0.1) is 17.2 Å². The summed E-state index contributed by atoms with van der Waals surface area (Å²) >= 11 is 1.73. The fourth-order valence-corrected chi connectivity index (χ4v) is 4.78. The lowest BCUT2D eigenvalue weighted by Gasteiger charge is -2.27. The number of nitrogens with zero attached hydrogens (tertiary/aromatic N) is 3. The first-order valence-electron chi connectivity index (χ1n) is 9.64. The second kappa shape index (κ2) is 9.10. The standard InChI is InChI=1S/C21H27N3S/c1-2-3-4-5-6-16-7-11-18(12-8-16)20-23-24-21(25-20)19-13-9-17(15-22)10-14-19/h9-10,13-14,16,18H,2-8,11-12H2,1H3. The Kier molecular flexibility index (Phi) is 6.58. The molecule has 0 atom stereocenters. The summed E-state index contributed by atoms with van der Waals surface area (Å²) in [5, 5.41) is 19.9. The van der Waals surface area contributed by atoms with Gasteiger partial charge in [0.05, 0.1) is 11.6 Å². The monoisotopic (exact) mass is 353 g/mol. The number of hydrogen-bond acceptors (Lipinski definition) is 4. The highest BCUT2D eigenvalue weighted by Gasteiger charge is 2.25. The molecular weight excluding hydrogens is 326 g/mol. The van der Waals surface area contributed by atoms with Crippen molar-refractivity contribution < 1.29 is 0 Å². The van der Waals surface area contributed by atoms with Gasteiger partial charge in [-0.1, -0.05) is 62.5 Å². The number of benzene rings is 1. The smallest absolute Gasteiger partial charge is 0.147 e. The maximum absolute atomic E-state index is 8.90. The number of nitriles is 1. The van der Waals surface area contributed by atoms with E-state index in [2.05, 4.69) is 23.2 Å². The first-order valence-corrected chi connectivity index (χ1v) is 10.5. The van der Waals surface area contributed by atoms with E-state index in [9.17, 15) is 0 Å². The van der Waals surface area contributed by atoms with E-state index in [1.54, 1.807) is 11.3 Å². The first-order chi connectivity index (χ1) is 12.3. The molecule has 1 fully saturated rings. The molecular formula is C21H27N3S. The fourth-order valence-electron chi connectivity index (χ4n) is 3.76. The van der Waals surface area contributed by atoms with Gasteiger partial charge in [0.25, 0.3) is 0 Å². The van der Waals surface area contributed by atoms with Crippen LogP contribution in [0.25, 0.3) is 10.6 Å². The Bertz CT molecular complexity index is 691. The Hall–Kier alpha value is -1.73. The molecule has 1 aliphatic rings. The number of rotatable bonds is 7. The predicted octanol–water partition coefficient (Wildman–Crippen LogP) is 6.32. The van der Waals surface area contributed by atoms with E-state index < -0.39 is 0 Å². The van der Waals surface area contributed by atoms with Crippen LogP contribution in [0.3, 0.4) is 0 Å². The van der Waals surface area contributed by atoms with Crippen LogP contribution in [0.15, 0.2) is 24.3 Å². The predicted molar refractivity (Wildman–Crippen MR) is 104 cm³/mol. The van der Waals surface area contributed by atoms with Gasteiger partial charge in [0.15, 0.2) is 0 Å². The molecule has 4 heteroatoms. The minimum atomic E-state index is 0.594. The molecule has 0 N–H and O–H groups in total. The van der Waals surface area contributed by atoms with Crippen molar-refractivity contribution in [1.82, 2.24) is 10.2 Å². The van der Waals surface area contributed by atoms with Crippen molar-refractivity contribution in [1.29, 1.82) is 5.26 Å². The maximum atomic E-state index is 8.90. The average molecular weight is 354 g/mol. The van der Waals surface area contributed by atoms with Gasteiger partial charge in [-0.2, -0.15) is 5.26 Å². The molecule has 0 amide bonds. The van der Waals surface area contributed by atoms with Gasteiger partial charge in [0, 0.05) is 11.5 Å². The van der Waals surface area contributed by atoms with Crippen LogP contribution in [0.4, 0.5) is 0 Å². The zero-order chi connectivity index (χ0) is 17.5. The summed E-state index contributed by atoms with van der Waals surface area (Å²) in [6.45, 7) is 2.28. The molecule has 3 rings (SSSR count). The topological polar surface area (TPSA) is 49.6 Å². The molecule has 1 aromatic heterocycles. The zero-order valence-corrected chi connectivity index (χ0v) is 15.9. The van der Waals surface area contributed by atoms with Gasteiger partial charge in [-0.05, 0) is 43.7 Å². The van der Waals surface area contributed by atoms with Crippen LogP contribution >= 0.6 is 11.3 Å². The van der Waals surface area contributed by atoms with Crippen molar-refractivity contribution in [3.8, 4) is 16.6 Å². The minimum absolute atomic E-state index is 0.594. The zero-order valence-electron chi connectivity index (χ0n) is 15.1. The van der Waals surface area contributed by atoms with E-state index in [0.717, 1.165) is 16.5 Å². The van der Waals surface area contributed by atoms with Crippen molar-refractivity contribution in [3.63, 3.8) is 0 Å². The summed E-state index contributed by atoms with van der Waals surface area (Å²) in [5.74, 6) is 1.52. The van der Waals surface area contributed by atoms with E-state index in [0.29, 0.717) is 11.5 Å². The van der Waals surface area contributed by atoms with E-state index >= 15 is 0 Å². The van der Waals surface area contributed by atoms with Crippen molar-refractivity contribution >= 4 is 11.3 Å². The first kappa shape index (κ1) is 18.1. The summed E-state index contributed by atoms with van der Waals surface area (Å²) in [6.07, 6.45) is 12.2. The number of hydrogen-bond donors (Lipinski definition) is 0. The van der Waals surface area contributed by atoms with Crippen LogP contribution < -0.4 is 0 Å². The van der Waals surface area contributed by atoms with Crippen LogP contribution in [0.2, 0.25) is 0 Å². The van der Waals surface area contributed by atoms with Gasteiger partial charge in [-0.25, -0.2) is 0 Å². The molecule has 1 aromatic carbocycles. The minimum Gasteiger partial charge on any atom is -0.192 e.